The molecule has 88 valence electrons. The van der Waals surface area contributed by atoms with Gasteiger partial charge >= 0.3 is 0 Å². The number of carbonyl (C=O) groups excluding carboxylic acids is 1. The zero-order chi connectivity index (χ0) is 11.3. The number of hydrogen-bond acceptors (Lipinski definition) is 1. The lowest BCUT2D eigenvalue weighted by molar-refractivity contribution is -0.131. The molecule has 0 radical (unpaired) electrons. The molecule has 0 atom stereocenters. The van der Waals surface area contributed by atoms with Gasteiger partial charge in [-0.3, -0.25) is 4.79 Å². The van der Waals surface area contributed by atoms with E-state index in [9.17, 15) is 4.79 Å². The Kier molecular flexibility index (Phi) is 5.13. The first-order valence-electron chi connectivity index (χ1n) is 6.33. The number of rotatable bonds is 4. The molecule has 1 aliphatic rings. The standard InChI is InChI=1S/C13H25NO/c1-11(2)10-14(3)13(15)9-12-7-5-4-6-8-12/h11-12H,4-10H2,1-3H3. The van der Waals surface area contributed by atoms with Crippen LogP contribution in [0.4, 0.5) is 0 Å². The van der Waals surface area contributed by atoms with Crippen molar-refractivity contribution in [3.63, 3.8) is 0 Å². The molecule has 0 aliphatic heterocycles. The smallest absolute Gasteiger partial charge is 0.222 e. The SMILES string of the molecule is CC(C)CN(C)C(=O)CC1CCCCC1. The van der Waals surface area contributed by atoms with Gasteiger partial charge in [0.2, 0.25) is 5.91 Å². The van der Waals surface area contributed by atoms with Crippen LogP contribution in [0, 0.1) is 11.8 Å². The summed E-state index contributed by atoms with van der Waals surface area (Å²) >= 11 is 0. The summed E-state index contributed by atoms with van der Waals surface area (Å²) in [6.07, 6.45) is 7.33. The average Bonchev–Trinajstić information content (AvgIpc) is 2.18. The van der Waals surface area contributed by atoms with Crippen LogP contribution < -0.4 is 0 Å². The summed E-state index contributed by atoms with van der Waals surface area (Å²) < 4.78 is 0. The molecule has 0 aromatic heterocycles. The van der Waals surface area contributed by atoms with Crippen molar-refractivity contribution in [3.8, 4) is 0 Å². The van der Waals surface area contributed by atoms with Crippen molar-refractivity contribution in [2.24, 2.45) is 11.8 Å². The molecule has 1 rings (SSSR count). The van der Waals surface area contributed by atoms with E-state index in [1.807, 2.05) is 11.9 Å². The lowest BCUT2D eigenvalue weighted by atomic mass is 9.86. The highest BCUT2D eigenvalue weighted by molar-refractivity contribution is 5.76. The van der Waals surface area contributed by atoms with E-state index in [2.05, 4.69) is 13.8 Å². The minimum atomic E-state index is 0.343. The van der Waals surface area contributed by atoms with Crippen LogP contribution in [0.25, 0.3) is 0 Å². The van der Waals surface area contributed by atoms with Gasteiger partial charge in [0.15, 0.2) is 0 Å². The molecule has 0 bridgehead atoms. The van der Waals surface area contributed by atoms with E-state index < -0.39 is 0 Å². The summed E-state index contributed by atoms with van der Waals surface area (Å²) in [4.78, 5) is 13.8. The van der Waals surface area contributed by atoms with Crippen molar-refractivity contribution in [1.29, 1.82) is 0 Å². The summed E-state index contributed by atoms with van der Waals surface area (Å²) in [5.74, 6) is 1.58. The maximum atomic E-state index is 11.9. The molecule has 0 saturated heterocycles. The fourth-order valence-electron chi connectivity index (χ4n) is 2.44. The number of carbonyl (C=O) groups is 1. The van der Waals surface area contributed by atoms with Crippen LogP contribution in [0.15, 0.2) is 0 Å². The van der Waals surface area contributed by atoms with Crippen molar-refractivity contribution in [1.82, 2.24) is 4.90 Å². The third kappa shape index (κ3) is 4.67. The third-order valence-corrected chi connectivity index (χ3v) is 3.25. The van der Waals surface area contributed by atoms with Gasteiger partial charge in [-0.05, 0) is 24.7 Å². The minimum Gasteiger partial charge on any atom is -0.345 e. The highest BCUT2D eigenvalue weighted by atomic mass is 16.2. The third-order valence-electron chi connectivity index (χ3n) is 3.25. The topological polar surface area (TPSA) is 20.3 Å². The largest absolute Gasteiger partial charge is 0.345 e. The van der Waals surface area contributed by atoms with Gasteiger partial charge < -0.3 is 4.90 Å². The molecule has 2 nitrogen and oxygen atoms in total. The molecular formula is C13H25NO. The van der Waals surface area contributed by atoms with Crippen molar-refractivity contribution in [3.05, 3.63) is 0 Å². The molecule has 0 unspecified atom stereocenters. The summed E-state index contributed by atoms with van der Waals surface area (Å²) in [5.41, 5.74) is 0. The van der Waals surface area contributed by atoms with E-state index in [0.29, 0.717) is 17.7 Å². The first-order valence-corrected chi connectivity index (χ1v) is 6.33. The summed E-state index contributed by atoms with van der Waals surface area (Å²) in [5, 5.41) is 0. The number of nitrogens with zero attached hydrogens (tertiary/aromatic N) is 1. The fraction of sp³-hybridized carbons (Fsp3) is 0.923. The summed E-state index contributed by atoms with van der Waals surface area (Å²) in [6, 6.07) is 0. The van der Waals surface area contributed by atoms with Crippen LogP contribution >= 0.6 is 0 Å². The van der Waals surface area contributed by atoms with Crippen LogP contribution in [0.3, 0.4) is 0 Å². The highest BCUT2D eigenvalue weighted by Crippen LogP contribution is 2.26. The van der Waals surface area contributed by atoms with Crippen LogP contribution in [-0.2, 0) is 4.79 Å². The first kappa shape index (κ1) is 12.5. The van der Waals surface area contributed by atoms with Gasteiger partial charge in [0, 0.05) is 20.0 Å². The Labute approximate surface area is 94.0 Å². The molecule has 2 heteroatoms. The van der Waals surface area contributed by atoms with Crippen LogP contribution in [0.5, 0.6) is 0 Å². The molecule has 0 spiro atoms. The van der Waals surface area contributed by atoms with Crippen LogP contribution in [0.1, 0.15) is 52.4 Å². The predicted octanol–water partition coefficient (Wildman–Crippen LogP) is 3.07. The molecule has 0 heterocycles. The maximum Gasteiger partial charge on any atom is 0.222 e. The second-order valence-corrected chi connectivity index (χ2v) is 5.38. The molecule has 15 heavy (non-hydrogen) atoms. The second kappa shape index (κ2) is 6.14. The van der Waals surface area contributed by atoms with Crippen molar-refractivity contribution >= 4 is 5.91 Å². The molecule has 1 fully saturated rings. The normalized spacial score (nSPS) is 18.1. The lowest BCUT2D eigenvalue weighted by Crippen LogP contribution is -2.31. The summed E-state index contributed by atoms with van der Waals surface area (Å²) in [7, 11) is 1.94. The van der Waals surface area contributed by atoms with Crippen LogP contribution in [-0.4, -0.2) is 24.4 Å². The number of hydrogen-bond donors (Lipinski definition) is 0. The molecule has 1 amide bonds. The Hall–Kier alpha value is -0.530. The highest BCUT2D eigenvalue weighted by Gasteiger charge is 2.19. The molecule has 0 aromatic carbocycles. The molecule has 0 aromatic rings. The van der Waals surface area contributed by atoms with Gasteiger partial charge in [-0.1, -0.05) is 33.1 Å². The second-order valence-electron chi connectivity index (χ2n) is 5.38. The van der Waals surface area contributed by atoms with E-state index in [1.165, 1.54) is 32.1 Å². The lowest BCUT2D eigenvalue weighted by Gasteiger charge is -2.25. The molecule has 1 aliphatic carbocycles. The Morgan fingerprint density at radius 3 is 2.40 bits per heavy atom. The maximum absolute atomic E-state index is 11.9. The van der Waals surface area contributed by atoms with E-state index in [4.69, 9.17) is 0 Å². The van der Waals surface area contributed by atoms with Gasteiger partial charge in [-0.15, -0.1) is 0 Å². The predicted molar refractivity (Wildman–Crippen MR) is 63.7 cm³/mol. The first-order chi connectivity index (χ1) is 7.09. The van der Waals surface area contributed by atoms with Crippen molar-refractivity contribution in [2.75, 3.05) is 13.6 Å². The molecular weight excluding hydrogens is 186 g/mol. The Morgan fingerprint density at radius 2 is 1.87 bits per heavy atom. The molecule has 0 N–H and O–H groups in total. The van der Waals surface area contributed by atoms with E-state index >= 15 is 0 Å². The monoisotopic (exact) mass is 211 g/mol. The van der Waals surface area contributed by atoms with Gasteiger partial charge in [-0.25, -0.2) is 0 Å². The van der Waals surface area contributed by atoms with Crippen molar-refractivity contribution in [2.45, 2.75) is 52.4 Å². The zero-order valence-corrected chi connectivity index (χ0v) is 10.5. The summed E-state index contributed by atoms with van der Waals surface area (Å²) in [6.45, 7) is 5.21. The van der Waals surface area contributed by atoms with Crippen molar-refractivity contribution < 1.29 is 4.79 Å². The van der Waals surface area contributed by atoms with Crippen LogP contribution in [0.2, 0.25) is 0 Å². The van der Waals surface area contributed by atoms with E-state index in [0.717, 1.165) is 13.0 Å². The fourth-order valence-corrected chi connectivity index (χ4v) is 2.44. The minimum absolute atomic E-state index is 0.343. The Balaban J connectivity index is 2.27. The zero-order valence-electron chi connectivity index (χ0n) is 10.5. The van der Waals surface area contributed by atoms with E-state index in [1.54, 1.807) is 0 Å². The van der Waals surface area contributed by atoms with E-state index in [-0.39, 0.29) is 0 Å². The Morgan fingerprint density at radius 1 is 1.27 bits per heavy atom. The average molecular weight is 211 g/mol. The Bertz CT molecular complexity index is 195. The molecule has 1 saturated carbocycles. The van der Waals surface area contributed by atoms with Gasteiger partial charge in [0.25, 0.3) is 0 Å². The van der Waals surface area contributed by atoms with Gasteiger partial charge in [0.05, 0.1) is 0 Å². The van der Waals surface area contributed by atoms with Gasteiger partial charge in [-0.2, -0.15) is 0 Å². The quantitative estimate of drug-likeness (QED) is 0.700. The van der Waals surface area contributed by atoms with Gasteiger partial charge in [0.1, 0.15) is 0 Å². The number of amides is 1.